The van der Waals surface area contributed by atoms with Gasteiger partial charge in [0.1, 0.15) is 11.6 Å². The number of hydrogen-bond acceptors (Lipinski definition) is 2. The average Bonchev–Trinajstić information content (AvgIpc) is 2.72. The normalized spacial score (nSPS) is 10.3. The van der Waals surface area contributed by atoms with Crippen LogP contribution in [0.1, 0.15) is 5.82 Å². The Bertz CT molecular complexity index is 442. The molecule has 3 nitrogen and oxygen atoms in total. The lowest BCUT2D eigenvalue weighted by Crippen LogP contribution is -2.02. The summed E-state index contributed by atoms with van der Waals surface area (Å²) in [6.45, 7) is 0.435. The molecule has 0 atom stereocenters. The van der Waals surface area contributed by atoms with Crippen LogP contribution in [0.3, 0.4) is 0 Å². The topological polar surface area (TPSA) is 40.7 Å². The molecule has 1 aromatic heterocycles. The molecule has 0 aliphatic rings. The van der Waals surface area contributed by atoms with Crippen LogP contribution >= 0.6 is 11.6 Å². The number of nitrogens with zero attached hydrogens (tertiary/aromatic N) is 1. The second-order valence-electron chi connectivity index (χ2n) is 3.01. The lowest BCUT2D eigenvalue weighted by Gasteiger charge is -2.05. The molecule has 2 aromatic rings. The van der Waals surface area contributed by atoms with Crippen LogP contribution in [-0.2, 0) is 6.54 Å². The zero-order valence-electron chi connectivity index (χ0n) is 7.80. The number of halogens is 2. The highest BCUT2D eigenvalue weighted by Crippen LogP contribution is 2.19. The molecule has 5 heteroatoms. The zero-order valence-corrected chi connectivity index (χ0v) is 8.55. The molecule has 2 rings (SSSR count). The number of nitrogens with one attached hydrogen (secondary N) is 2. The van der Waals surface area contributed by atoms with Crippen LogP contribution in [0.2, 0.25) is 5.02 Å². The fraction of sp³-hybridized carbons (Fsp3) is 0.100. The standard InChI is InChI=1S/C10H9ClFN3/c11-7-1-2-8(12)9(5-7)15-6-10-13-3-4-14-10/h1-5,15H,6H2,(H,13,14). The Balaban J connectivity index is 2.07. The van der Waals surface area contributed by atoms with Crippen LogP contribution in [0.4, 0.5) is 10.1 Å². The van der Waals surface area contributed by atoms with Crippen molar-refractivity contribution >= 4 is 17.3 Å². The smallest absolute Gasteiger partial charge is 0.146 e. The van der Waals surface area contributed by atoms with E-state index in [9.17, 15) is 4.39 Å². The highest BCUT2D eigenvalue weighted by Gasteiger charge is 2.02. The van der Waals surface area contributed by atoms with Gasteiger partial charge in [0.15, 0.2) is 0 Å². The first kappa shape index (κ1) is 9.98. The van der Waals surface area contributed by atoms with Gasteiger partial charge < -0.3 is 10.3 Å². The summed E-state index contributed by atoms with van der Waals surface area (Å²) in [6.07, 6.45) is 3.36. The lowest BCUT2D eigenvalue weighted by atomic mass is 10.3. The summed E-state index contributed by atoms with van der Waals surface area (Å²) in [5.41, 5.74) is 0.374. The predicted octanol–water partition coefficient (Wildman–Crippen LogP) is 2.81. The summed E-state index contributed by atoms with van der Waals surface area (Å²) in [7, 11) is 0. The molecule has 0 aliphatic heterocycles. The molecular weight excluding hydrogens is 217 g/mol. The van der Waals surface area contributed by atoms with E-state index in [1.165, 1.54) is 12.1 Å². The van der Waals surface area contributed by atoms with Gasteiger partial charge in [-0.05, 0) is 18.2 Å². The summed E-state index contributed by atoms with van der Waals surface area (Å²) >= 11 is 5.75. The van der Waals surface area contributed by atoms with E-state index >= 15 is 0 Å². The van der Waals surface area contributed by atoms with Crippen LogP contribution in [0.25, 0.3) is 0 Å². The Morgan fingerprint density at radius 2 is 2.33 bits per heavy atom. The Morgan fingerprint density at radius 1 is 1.47 bits per heavy atom. The number of imidazole rings is 1. The van der Waals surface area contributed by atoms with E-state index < -0.39 is 0 Å². The van der Waals surface area contributed by atoms with Crippen LogP contribution in [0.15, 0.2) is 30.6 Å². The van der Waals surface area contributed by atoms with Gasteiger partial charge in [-0.15, -0.1) is 0 Å². The van der Waals surface area contributed by atoms with Gasteiger partial charge in [0.2, 0.25) is 0 Å². The molecule has 1 heterocycles. The minimum atomic E-state index is -0.328. The lowest BCUT2D eigenvalue weighted by molar-refractivity contribution is 0.630. The Morgan fingerprint density at radius 3 is 3.07 bits per heavy atom. The summed E-state index contributed by atoms with van der Waals surface area (Å²) < 4.78 is 13.2. The van der Waals surface area contributed by atoms with Crippen LogP contribution < -0.4 is 5.32 Å². The third-order valence-corrected chi connectivity index (χ3v) is 2.16. The van der Waals surface area contributed by atoms with Crippen LogP contribution in [0, 0.1) is 5.82 Å². The van der Waals surface area contributed by atoms with Gasteiger partial charge in [-0.25, -0.2) is 9.37 Å². The first-order chi connectivity index (χ1) is 7.25. The number of aromatic nitrogens is 2. The Kier molecular flexibility index (Phi) is 2.87. The van der Waals surface area contributed by atoms with Gasteiger partial charge in [0.05, 0.1) is 12.2 Å². The van der Waals surface area contributed by atoms with E-state index in [2.05, 4.69) is 15.3 Å². The fourth-order valence-electron chi connectivity index (χ4n) is 1.21. The highest BCUT2D eigenvalue weighted by atomic mass is 35.5. The van der Waals surface area contributed by atoms with Gasteiger partial charge >= 0.3 is 0 Å². The average molecular weight is 226 g/mol. The molecule has 78 valence electrons. The van der Waals surface area contributed by atoms with Crippen LogP contribution in [0.5, 0.6) is 0 Å². The molecule has 15 heavy (non-hydrogen) atoms. The van der Waals surface area contributed by atoms with Crippen molar-refractivity contribution < 1.29 is 4.39 Å². The molecule has 1 aromatic carbocycles. The largest absolute Gasteiger partial charge is 0.375 e. The molecule has 0 saturated carbocycles. The number of hydrogen-bond donors (Lipinski definition) is 2. The minimum absolute atomic E-state index is 0.328. The monoisotopic (exact) mass is 225 g/mol. The van der Waals surface area contributed by atoms with Gasteiger partial charge in [0.25, 0.3) is 0 Å². The van der Waals surface area contributed by atoms with Crippen molar-refractivity contribution in [3.05, 3.63) is 47.3 Å². The second kappa shape index (κ2) is 4.31. The van der Waals surface area contributed by atoms with Crippen molar-refractivity contribution in [2.24, 2.45) is 0 Å². The second-order valence-corrected chi connectivity index (χ2v) is 3.45. The van der Waals surface area contributed by atoms with E-state index in [1.54, 1.807) is 18.5 Å². The van der Waals surface area contributed by atoms with Gasteiger partial charge in [-0.3, -0.25) is 0 Å². The Hall–Kier alpha value is -1.55. The van der Waals surface area contributed by atoms with Crippen molar-refractivity contribution in [1.29, 1.82) is 0 Å². The molecule has 2 N–H and O–H groups in total. The van der Waals surface area contributed by atoms with E-state index in [0.29, 0.717) is 17.3 Å². The van der Waals surface area contributed by atoms with E-state index in [0.717, 1.165) is 5.82 Å². The van der Waals surface area contributed by atoms with E-state index in [4.69, 9.17) is 11.6 Å². The summed E-state index contributed by atoms with van der Waals surface area (Å²) in [5, 5.41) is 3.40. The van der Waals surface area contributed by atoms with E-state index in [-0.39, 0.29) is 5.82 Å². The quantitative estimate of drug-likeness (QED) is 0.843. The summed E-state index contributed by atoms with van der Waals surface area (Å²) in [6, 6.07) is 4.38. The molecule has 0 amide bonds. The number of H-pyrrole nitrogens is 1. The number of anilines is 1. The van der Waals surface area contributed by atoms with Gasteiger partial charge in [0, 0.05) is 17.4 Å². The number of benzene rings is 1. The third kappa shape index (κ3) is 2.47. The first-order valence-electron chi connectivity index (χ1n) is 4.43. The van der Waals surface area contributed by atoms with E-state index in [1.807, 2.05) is 0 Å². The SMILES string of the molecule is Fc1ccc(Cl)cc1NCc1ncc[nH]1. The maximum Gasteiger partial charge on any atom is 0.146 e. The first-order valence-corrected chi connectivity index (χ1v) is 4.80. The fourth-order valence-corrected chi connectivity index (χ4v) is 1.38. The number of aromatic amines is 1. The molecule has 0 bridgehead atoms. The molecule has 0 unspecified atom stereocenters. The predicted molar refractivity (Wildman–Crippen MR) is 57.3 cm³/mol. The summed E-state index contributed by atoms with van der Waals surface area (Å²) in [4.78, 5) is 6.92. The van der Waals surface area contributed by atoms with Crippen molar-refractivity contribution in [3.8, 4) is 0 Å². The highest BCUT2D eigenvalue weighted by molar-refractivity contribution is 6.30. The Labute approximate surface area is 91.3 Å². The zero-order chi connectivity index (χ0) is 10.7. The van der Waals surface area contributed by atoms with Gasteiger partial charge in [-0.2, -0.15) is 0 Å². The number of rotatable bonds is 3. The molecule has 0 spiro atoms. The third-order valence-electron chi connectivity index (χ3n) is 1.93. The molecule has 0 saturated heterocycles. The van der Waals surface area contributed by atoms with Crippen molar-refractivity contribution in [2.75, 3.05) is 5.32 Å². The minimum Gasteiger partial charge on any atom is -0.375 e. The van der Waals surface area contributed by atoms with Gasteiger partial charge in [-0.1, -0.05) is 11.6 Å². The van der Waals surface area contributed by atoms with Crippen LogP contribution in [-0.4, -0.2) is 9.97 Å². The molecule has 0 aliphatic carbocycles. The summed E-state index contributed by atoms with van der Waals surface area (Å²) in [5.74, 6) is 0.417. The van der Waals surface area contributed by atoms with Crippen molar-refractivity contribution in [1.82, 2.24) is 9.97 Å². The molecule has 0 radical (unpaired) electrons. The van der Waals surface area contributed by atoms with Crippen molar-refractivity contribution in [2.45, 2.75) is 6.54 Å². The molecule has 0 fully saturated rings. The maximum atomic E-state index is 13.2. The maximum absolute atomic E-state index is 13.2. The van der Waals surface area contributed by atoms with Crippen molar-refractivity contribution in [3.63, 3.8) is 0 Å². The molecular formula is C10H9ClFN3.